The second kappa shape index (κ2) is 8.37. The van der Waals surface area contributed by atoms with Crippen LogP contribution in [0, 0.1) is 0 Å². The molecule has 2 heterocycles. The summed E-state index contributed by atoms with van der Waals surface area (Å²) in [6.45, 7) is 0. The molecule has 0 saturated carbocycles. The van der Waals surface area contributed by atoms with Crippen molar-refractivity contribution in [2.24, 2.45) is 0 Å². The minimum absolute atomic E-state index is 0.306. The maximum Gasteiger partial charge on any atom is 0.435 e. The van der Waals surface area contributed by atoms with Crippen LogP contribution < -0.4 is 5.32 Å². The van der Waals surface area contributed by atoms with Gasteiger partial charge in [-0.15, -0.1) is 11.3 Å². The smallest absolute Gasteiger partial charge is 0.322 e. The number of hydrogen-bond acceptors (Lipinski definition) is 3. The molecule has 4 aromatic rings. The van der Waals surface area contributed by atoms with Gasteiger partial charge >= 0.3 is 6.18 Å². The van der Waals surface area contributed by atoms with E-state index in [4.69, 9.17) is 23.2 Å². The fourth-order valence-electron chi connectivity index (χ4n) is 2.90. The Morgan fingerprint density at radius 3 is 2.26 bits per heavy atom. The third kappa shape index (κ3) is 4.76. The minimum atomic E-state index is -4.57. The second-order valence-electron chi connectivity index (χ2n) is 6.46. The van der Waals surface area contributed by atoms with Crippen LogP contribution in [0.2, 0.25) is 10.0 Å². The number of rotatable bonds is 4. The molecule has 0 aliphatic carbocycles. The summed E-state index contributed by atoms with van der Waals surface area (Å²) in [6.07, 6.45) is -4.57. The van der Waals surface area contributed by atoms with Crippen molar-refractivity contribution in [3.05, 3.63) is 87.3 Å². The Labute approximate surface area is 188 Å². The number of halogens is 5. The largest absolute Gasteiger partial charge is 0.435 e. The highest BCUT2D eigenvalue weighted by Crippen LogP contribution is 2.34. The van der Waals surface area contributed by atoms with Gasteiger partial charge < -0.3 is 5.32 Å². The van der Waals surface area contributed by atoms with Gasteiger partial charge in [0.2, 0.25) is 0 Å². The molecular formula is C21H12Cl2F3N3OS. The normalized spacial score (nSPS) is 11.5. The standard InChI is InChI=1S/C21H12Cl2F3N3OS/c22-13-8-14(23)10-15(9-13)27-20(30)12-3-5-16(6-4-12)29-17(18-2-1-7-31-18)11-19(28-29)21(24,25)26/h1-11H,(H,27,30). The summed E-state index contributed by atoms with van der Waals surface area (Å²) in [4.78, 5) is 13.1. The van der Waals surface area contributed by atoms with Crippen molar-refractivity contribution >= 4 is 46.1 Å². The first-order valence-electron chi connectivity index (χ1n) is 8.80. The van der Waals surface area contributed by atoms with Crippen molar-refractivity contribution in [3.63, 3.8) is 0 Å². The lowest BCUT2D eigenvalue weighted by atomic mass is 10.2. The number of aromatic nitrogens is 2. The molecule has 0 atom stereocenters. The second-order valence-corrected chi connectivity index (χ2v) is 8.28. The van der Waals surface area contributed by atoms with E-state index in [0.717, 1.165) is 6.07 Å². The molecule has 2 aromatic heterocycles. The number of nitrogens with one attached hydrogen (secondary N) is 1. The van der Waals surface area contributed by atoms with Crippen LogP contribution in [0.3, 0.4) is 0 Å². The van der Waals surface area contributed by atoms with Crippen molar-refractivity contribution in [1.29, 1.82) is 0 Å². The Morgan fingerprint density at radius 1 is 1.00 bits per heavy atom. The van der Waals surface area contributed by atoms with Crippen molar-refractivity contribution in [1.82, 2.24) is 9.78 Å². The predicted octanol–water partition coefficient (Wildman–Crippen LogP) is 7.18. The molecule has 0 fully saturated rings. The number of hydrogen-bond donors (Lipinski definition) is 1. The molecule has 1 N–H and O–H groups in total. The third-order valence-corrected chi connectivity index (χ3v) is 5.60. The molecule has 0 unspecified atom stereocenters. The summed E-state index contributed by atoms with van der Waals surface area (Å²) in [5.41, 5.74) is 0.444. The molecule has 31 heavy (non-hydrogen) atoms. The first kappa shape index (κ1) is 21.4. The maximum atomic E-state index is 13.2. The Morgan fingerprint density at radius 2 is 1.68 bits per heavy atom. The quantitative estimate of drug-likeness (QED) is 0.335. The highest BCUT2D eigenvalue weighted by atomic mass is 35.5. The van der Waals surface area contributed by atoms with Crippen LogP contribution in [0.15, 0.2) is 66.0 Å². The lowest BCUT2D eigenvalue weighted by molar-refractivity contribution is -0.141. The molecule has 0 aliphatic heterocycles. The number of amides is 1. The summed E-state index contributed by atoms with van der Waals surface area (Å²) in [5, 5.41) is 8.94. The molecule has 1 amide bonds. The molecule has 4 nitrogen and oxygen atoms in total. The Hall–Kier alpha value is -2.81. The Balaban J connectivity index is 1.63. The first-order valence-corrected chi connectivity index (χ1v) is 10.4. The molecule has 4 rings (SSSR count). The van der Waals surface area contributed by atoms with Gasteiger partial charge in [0, 0.05) is 21.3 Å². The van der Waals surface area contributed by atoms with Gasteiger partial charge in [-0.1, -0.05) is 29.3 Å². The number of anilines is 1. The van der Waals surface area contributed by atoms with E-state index in [1.165, 1.54) is 46.4 Å². The van der Waals surface area contributed by atoms with Crippen LogP contribution in [0.25, 0.3) is 16.3 Å². The molecule has 0 saturated heterocycles. The molecule has 158 valence electrons. The number of carbonyl (C=O) groups excluding carboxylic acids is 1. The minimum Gasteiger partial charge on any atom is -0.322 e. The number of nitrogens with zero attached hydrogens (tertiary/aromatic N) is 2. The number of benzene rings is 2. The van der Waals surface area contributed by atoms with Gasteiger partial charge in [-0.25, -0.2) is 4.68 Å². The first-order chi connectivity index (χ1) is 14.7. The van der Waals surface area contributed by atoms with E-state index >= 15 is 0 Å². The van der Waals surface area contributed by atoms with Gasteiger partial charge in [-0.05, 0) is 60.0 Å². The van der Waals surface area contributed by atoms with Gasteiger partial charge in [0.25, 0.3) is 5.91 Å². The average Bonchev–Trinajstić information content (AvgIpc) is 3.36. The van der Waals surface area contributed by atoms with E-state index in [1.807, 2.05) is 0 Å². The van der Waals surface area contributed by atoms with E-state index in [-0.39, 0.29) is 0 Å². The topological polar surface area (TPSA) is 46.9 Å². The number of alkyl halides is 3. The van der Waals surface area contributed by atoms with Gasteiger partial charge in [0.05, 0.1) is 16.3 Å². The highest BCUT2D eigenvalue weighted by molar-refractivity contribution is 7.13. The molecule has 0 radical (unpaired) electrons. The van der Waals surface area contributed by atoms with E-state index in [2.05, 4.69) is 10.4 Å². The number of thiophene rings is 1. The van der Waals surface area contributed by atoms with E-state index in [1.54, 1.807) is 29.6 Å². The van der Waals surface area contributed by atoms with Crippen molar-refractivity contribution in [2.45, 2.75) is 6.18 Å². The fraction of sp³-hybridized carbons (Fsp3) is 0.0476. The van der Waals surface area contributed by atoms with Gasteiger partial charge in [-0.2, -0.15) is 18.3 Å². The average molecular weight is 482 g/mol. The summed E-state index contributed by atoms with van der Waals surface area (Å²) >= 11 is 13.2. The van der Waals surface area contributed by atoms with Gasteiger partial charge in [0.1, 0.15) is 0 Å². The third-order valence-electron chi connectivity index (χ3n) is 4.27. The lowest BCUT2D eigenvalue weighted by Gasteiger charge is -2.09. The summed E-state index contributed by atoms with van der Waals surface area (Å²) < 4.78 is 40.9. The SMILES string of the molecule is O=C(Nc1cc(Cl)cc(Cl)c1)c1ccc(-n2nc(C(F)(F)F)cc2-c2cccs2)cc1. The number of carbonyl (C=O) groups is 1. The predicted molar refractivity (Wildman–Crippen MR) is 116 cm³/mol. The Kier molecular flexibility index (Phi) is 5.79. The molecular weight excluding hydrogens is 470 g/mol. The van der Waals surface area contributed by atoms with E-state index in [9.17, 15) is 18.0 Å². The van der Waals surface area contributed by atoms with Crippen molar-refractivity contribution < 1.29 is 18.0 Å². The summed E-state index contributed by atoms with van der Waals surface area (Å²) in [7, 11) is 0. The molecule has 0 aliphatic rings. The highest BCUT2D eigenvalue weighted by Gasteiger charge is 2.35. The van der Waals surface area contributed by atoms with Crippen molar-refractivity contribution in [2.75, 3.05) is 5.32 Å². The van der Waals surface area contributed by atoms with E-state index < -0.39 is 17.8 Å². The van der Waals surface area contributed by atoms with Gasteiger partial charge in [0.15, 0.2) is 5.69 Å². The summed E-state index contributed by atoms with van der Waals surface area (Å²) in [6, 6.07) is 15.2. The van der Waals surface area contributed by atoms with Crippen molar-refractivity contribution in [3.8, 4) is 16.3 Å². The zero-order chi connectivity index (χ0) is 22.2. The fourth-order valence-corrected chi connectivity index (χ4v) is 4.15. The zero-order valence-corrected chi connectivity index (χ0v) is 17.8. The van der Waals surface area contributed by atoms with Gasteiger partial charge in [-0.3, -0.25) is 4.79 Å². The molecule has 0 bridgehead atoms. The molecule has 2 aromatic carbocycles. The molecule has 0 spiro atoms. The van der Waals surface area contributed by atoms with Crippen LogP contribution >= 0.6 is 34.5 Å². The van der Waals surface area contributed by atoms with Crippen LogP contribution in [-0.2, 0) is 6.18 Å². The van der Waals surface area contributed by atoms with Crippen LogP contribution in [0.4, 0.5) is 18.9 Å². The Bertz CT molecular complexity index is 1220. The summed E-state index contributed by atoms with van der Waals surface area (Å²) in [5.74, 6) is -0.417. The monoisotopic (exact) mass is 481 g/mol. The van der Waals surface area contributed by atoms with Crippen LogP contribution in [0.1, 0.15) is 16.1 Å². The molecule has 10 heteroatoms. The van der Waals surface area contributed by atoms with Crippen LogP contribution in [0.5, 0.6) is 0 Å². The lowest BCUT2D eigenvalue weighted by Crippen LogP contribution is -2.12. The van der Waals surface area contributed by atoms with E-state index in [0.29, 0.717) is 37.6 Å². The maximum absolute atomic E-state index is 13.2. The zero-order valence-electron chi connectivity index (χ0n) is 15.5. The van der Waals surface area contributed by atoms with Crippen LogP contribution in [-0.4, -0.2) is 15.7 Å².